The molecule has 0 spiro atoms. The second-order valence-electron chi connectivity index (χ2n) is 7.05. The number of fused-ring (bicyclic) bond motifs is 1. The van der Waals surface area contributed by atoms with Crippen LogP contribution in [0.15, 0.2) is 58.3 Å². The Morgan fingerprint density at radius 1 is 1.26 bits per heavy atom. The van der Waals surface area contributed by atoms with Crippen molar-refractivity contribution in [3.05, 3.63) is 64.0 Å². The maximum atomic E-state index is 12.6. The van der Waals surface area contributed by atoms with Gasteiger partial charge in [-0.1, -0.05) is 25.8 Å². The Hall–Kier alpha value is -3.53. The Bertz CT molecular complexity index is 1160. The first-order chi connectivity index (χ1) is 15.0. The molecule has 0 saturated carbocycles. The monoisotopic (exact) mass is 436 g/mol. The van der Waals surface area contributed by atoms with E-state index < -0.39 is 10.8 Å². The van der Waals surface area contributed by atoms with Gasteiger partial charge in [0.05, 0.1) is 16.2 Å². The van der Waals surface area contributed by atoms with Crippen LogP contribution in [0.25, 0.3) is 11.8 Å². The molecule has 4 rings (SSSR count). The molecule has 2 aliphatic heterocycles. The summed E-state index contributed by atoms with van der Waals surface area (Å²) < 4.78 is 1.72. The van der Waals surface area contributed by atoms with E-state index in [1.54, 1.807) is 41.1 Å². The molecule has 9 nitrogen and oxygen atoms in total. The second kappa shape index (κ2) is 8.68. The molecule has 0 saturated heterocycles. The lowest BCUT2D eigenvalue weighted by atomic mass is 10.1. The number of carbonyl (C=O) groups excluding carboxylic acids is 1. The Balaban J connectivity index is 1.63. The predicted octanol–water partition coefficient (Wildman–Crippen LogP) is 4.58. The zero-order chi connectivity index (χ0) is 22.0. The zero-order valence-corrected chi connectivity index (χ0v) is 17.6. The number of nitro benzene ring substituents is 1. The Labute approximate surface area is 182 Å². The SMILES string of the molecule is CCCCCC1=NN2C(=N)/C(=C\c3cccn3-c3cccc([N+](=O)[O-])c3)C(=O)N=C2S1. The van der Waals surface area contributed by atoms with Crippen molar-refractivity contribution in [3.8, 4) is 5.69 Å². The van der Waals surface area contributed by atoms with Gasteiger partial charge in [0.1, 0.15) is 5.04 Å². The molecule has 10 heteroatoms. The van der Waals surface area contributed by atoms with Crippen molar-refractivity contribution < 1.29 is 9.72 Å². The van der Waals surface area contributed by atoms with Gasteiger partial charge in [-0.25, -0.2) is 0 Å². The molecule has 1 aromatic heterocycles. The number of nitrogens with zero attached hydrogens (tertiary/aromatic N) is 5. The van der Waals surface area contributed by atoms with Crippen molar-refractivity contribution in [1.29, 1.82) is 5.41 Å². The molecule has 2 aromatic rings. The fourth-order valence-electron chi connectivity index (χ4n) is 3.31. The van der Waals surface area contributed by atoms with Gasteiger partial charge in [-0.15, -0.1) is 0 Å². The summed E-state index contributed by atoms with van der Waals surface area (Å²) in [5.74, 6) is -0.527. The van der Waals surface area contributed by atoms with E-state index in [-0.39, 0.29) is 17.1 Å². The molecule has 0 fully saturated rings. The number of nitro groups is 1. The van der Waals surface area contributed by atoms with Crippen LogP contribution < -0.4 is 0 Å². The minimum absolute atomic E-state index is 0.0280. The maximum absolute atomic E-state index is 12.6. The average molecular weight is 436 g/mol. The number of hydrogen-bond donors (Lipinski definition) is 1. The molecule has 0 atom stereocenters. The average Bonchev–Trinajstić information content (AvgIpc) is 3.38. The van der Waals surface area contributed by atoms with E-state index in [2.05, 4.69) is 17.0 Å². The normalized spacial score (nSPS) is 17.1. The highest BCUT2D eigenvalue weighted by atomic mass is 32.2. The second-order valence-corrected chi connectivity index (χ2v) is 8.09. The van der Waals surface area contributed by atoms with Crippen LogP contribution in [-0.2, 0) is 4.79 Å². The van der Waals surface area contributed by atoms with Crippen molar-refractivity contribution in [2.24, 2.45) is 10.1 Å². The van der Waals surface area contributed by atoms with Gasteiger partial charge in [-0.3, -0.25) is 20.3 Å². The highest BCUT2D eigenvalue weighted by Crippen LogP contribution is 2.30. The highest BCUT2D eigenvalue weighted by Gasteiger charge is 2.35. The Morgan fingerprint density at radius 3 is 2.87 bits per heavy atom. The molecule has 31 heavy (non-hydrogen) atoms. The van der Waals surface area contributed by atoms with E-state index >= 15 is 0 Å². The van der Waals surface area contributed by atoms with Crippen LogP contribution in [0.4, 0.5) is 5.69 Å². The molecular weight excluding hydrogens is 416 g/mol. The third-order valence-corrected chi connectivity index (χ3v) is 5.85. The minimum atomic E-state index is -0.499. The lowest BCUT2D eigenvalue weighted by Crippen LogP contribution is -2.35. The Kier molecular flexibility index (Phi) is 5.81. The molecule has 0 unspecified atom stereocenters. The fraction of sp³-hybridized carbons (Fsp3) is 0.238. The number of non-ortho nitro benzene ring substituents is 1. The maximum Gasteiger partial charge on any atom is 0.283 e. The quantitative estimate of drug-likeness (QED) is 0.295. The molecule has 0 radical (unpaired) electrons. The molecule has 0 bridgehead atoms. The summed E-state index contributed by atoms with van der Waals surface area (Å²) in [5.41, 5.74) is 1.28. The van der Waals surface area contributed by atoms with Crippen molar-refractivity contribution in [3.63, 3.8) is 0 Å². The summed E-state index contributed by atoms with van der Waals surface area (Å²) >= 11 is 1.33. The summed E-state index contributed by atoms with van der Waals surface area (Å²) in [4.78, 5) is 27.4. The number of rotatable bonds is 7. The number of thioether (sulfide) groups is 1. The van der Waals surface area contributed by atoms with Crippen LogP contribution in [0.1, 0.15) is 38.3 Å². The largest absolute Gasteiger partial charge is 0.317 e. The number of amidine groups is 2. The first-order valence-corrected chi connectivity index (χ1v) is 10.7. The number of benzene rings is 1. The number of amides is 1. The van der Waals surface area contributed by atoms with Crippen LogP contribution in [0.3, 0.4) is 0 Å². The van der Waals surface area contributed by atoms with E-state index in [1.165, 1.54) is 28.9 Å². The van der Waals surface area contributed by atoms with E-state index in [0.717, 1.165) is 30.7 Å². The van der Waals surface area contributed by atoms with E-state index in [9.17, 15) is 14.9 Å². The first kappa shape index (κ1) is 20.7. The van der Waals surface area contributed by atoms with Gasteiger partial charge < -0.3 is 4.57 Å². The van der Waals surface area contributed by atoms with Crippen LogP contribution in [0, 0.1) is 15.5 Å². The van der Waals surface area contributed by atoms with E-state index in [1.807, 2.05) is 0 Å². The van der Waals surface area contributed by atoms with E-state index in [0.29, 0.717) is 16.5 Å². The van der Waals surface area contributed by atoms with Crippen LogP contribution in [-0.4, -0.2) is 36.5 Å². The summed E-state index contributed by atoms with van der Waals surface area (Å²) in [6, 6.07) is 9.75. The van der Waals surface area contributed by atoms with Gasteiger partial charge in [0.2, 0.25) is 5.17 Å². The highest BCUT2D eigenvalue weighted by molar-refractivity contribution is 8.26. The van der Waals surface area contributed by atoms with Gasteiger partial charge in [0.15, 0.2) is 5.84 Å². The summed E-state index contributed by atoms with van der Waals surface area (Å²) in [6.45, 7) is 2.13. The number of carbonyl (C=O) groups is 1. The van der Waals surface area contributed by atoms with Gasteiger partial charge in [-0.05, 0) is 48.9 Å². The number of hydrogen-bond acceptors (Lipinski definition) is 6. The van der Waals surface area contributed by atoms with Crippen LogP contribution in [0.2, 0.25) is 0 Å². The third kappa shape index (κ3) is 4.19. The lowest BCUT2D eigenvalue weighted by molar-refractivity contribution is -0.384. The smallest absolute Gasteiger partial charge is 0.283 e. The predicted molar refractivity (Wildman–Crippen MR) is 122 cm³/mol. The van der Waals surface area contributed by atoms with Crippen molar-refractivity contribution in [2.75, 3.05) is 0 Å². The van der Waals surface area contributed by atoms with Gasteiger partial charge in [-0.2, -0.15) is 15.1 Å². The first-order valence-electron chi connectivity index (χ1n) is 9.89. The van der Waals surface area contributed by atoms with Crippen molar-refractivity contribution in [1.82, 2.24) is 9.58 Å². The van der Waals surface area contributed by atoms with Gasteiger partial charge in [0, 0.05) is 24.0 Å². The topological polar surface area (TPSA) is 117 Å². The molecule has 158 valence electrons. The molecule has 2 aliphatic rings. The standard InChI is InChI=1S/C21H20N6O3S/c1-2-3-4-10-18-24-26-19(22)17(20(28)23-21(26)31-18)13-15-9-6-11-25(15)14-7-5-8-16(12-14)27(29)30/h5-9,11-13,22H,2-4,10H2,1H3/b17-13+,22-19?. The van der Waals surface area contributed by atoms with Crippen molar-refractivity contribution >= 4 is 45.5 Å². The lowest BCUT2D eigenvalue weighted by Gasteiger charge is -2.20. The minimum Gasteiger partial charge on any atom is -0.317 e. The van der Waals surface area contributed by atoms with Gasteiger partial charge >= 0.3 is 0 Å². The molecule has 1 aromatic carbocycles. The summed E-state index contributed by atoms with van der Waals surface area (Å²) in [7, 11) is 0. The van der Waals surface area contributed by atoms with Crippen LogP contribution >= 0.6 is 11.8 Å². The molecule has 1 N–H and O–H groups in total. The number of unbranched alkanes of at least 4 members (excludes halogenated alkanes) is 2. The molecule has 1 amide bonds. The van der Waals surface area contributed by atoms with Gasteiger partial charge in [0.25, 0.3) is 11.6 Å². The summed E-state index contributed by atoms with van der Waals surface area (Å²) in [5, 5.41) is 26.8. The van der Waals surface area contributed by atoms with Crippen LogP contribution in [0.5, 0.6) is 0 Å². The number of nitrogens with one attached hydrogen (secondary N) is 1. The molecule has 3 heterocycles. The number of hydrazone groups is 1. The Morgan fingerprint density at radius 2 is 2.10 bits per heavy atom. The molecular formula is C21H20N6O3S. The fourth-order valence-corrected chi connectivity index (χ4v) is 4.24. The van der Waals surface area contributed by atoms with E-state index in [4.69, 9.17) is 5.41 Å². The third-order valence-electron chi connectivity index (χ3n) is 4.88. The molecule has 0 aliphatic carbocycles. The number of aromatic nitrogens is 1. The zero-order valence-electron chi connectivity index (χ0n) is 16.8. The summed E-state index contributed by atoms with van der Waals surface area (Å²) in [6.07, 6.45) is 7.32. The van der Waals surface area contributed by atoms with Crippen molar-refractivity contribution in [2.45, 2.75) is 32.6 Å². The number of aliphatic imine (C=N–C) groups is 1.